The second-order valence-corrected chi connectivity index (χ2v) is 13.4. The smallest absolute Gasteiger partial charge is 0.466 e. The Labute approximate surface area is 216 Å². The molecule has 0 radical (unpaired) electrons. The lowest BCUT2D eigenvalue weighted by molar-refractivity contribution is -0.143. The zero-order valence-corrected chi connectivity index (χ0v) is 25.5. The third-order valence-electron chi connectivity index (χ3n) is 5.26. The second kappa shape index (κ2) is 21.7. The van der Waals surface area contributed by atoms with E-state index in [2.05, 4.69) is 4.90 Å². The maximum Gasteiger partial charge on any atom is 0.500 e. The molecule has 0 aromatic rings. The summed E-state index contributed by atoms with van der Waals surface area (Å²) in [5.41, 5.74) is 0. The number of carbonyl (C=O) groups is 1. The van der Waals surface area contributed by atoms with Gasteiger partial charge >= 0.3 is 23.6 Å². The molecule has 0 atom stereocenters. The van der Waals surface area contributed by atoms with Crippen molar-refractivity contribution >= 4 is 23.6 Å². The number of carbonyl (C=O) groups excluding carboxylic acids is 1. The van der Waals surface area contributed by atoms with Gasteiger partial charge in [0.15, 0.2) is 0 Å². The summed E-state index contributed by atoms with van der Waals surface area (Å²) in [6.07, 6.45) is 2.98. The van der Waals surface area contributed by atoms with Gasteiger partial charge in [0.2, 0.25) is 0 Å². The van der Waals surface area contributed by atoms with Crippen LogP contribution in [0.15, 0.2) is 0 Å². The lowest BCUT2D eigenvalue weighted by Crippen LogP contribution is -2.47. The van der Waals surface area contributed by atoms with E-state index in [1.165, 1.54) is 0 Å². The molecule has 0 aliphatic carbocycles. The van der Waals surface area contributed by atoms with Crippen molar-refractivity contribution in [3.8, 4) is 0 Å². The van der Waals surface area contributed by atoms with Crippen molar-refractivity contribution in [2.24, 2.45) is 0 Å². The molecule has 11 heteroatoms. The first-order valence-electron chi connectivity index (χ1n) is 13.6. The maximum atomic E-state index is 11.8. The Morgan fingerprint density at radius 2 is 0.886 bits per heavy atom. The van der Waals surface area contributed by atoms with Crippen LogP contribution in [0.25, 0.3) is 0 Å². The van der Waals surface area contributed by atoms with Gasteiger partial charge in [0, 0.05) is 58.2 Å². The summed E-state index contributed by atoms with van der Waals surface area (Å²) < 4.78 is 41.1. The molecule has 0 aromatic heterocycles. The van der Waals surface area contributed by atoms with Gasteiger partial charge in [0.25, 0.3) is 0 Å². The molecule has 0 N–H and O–H groups in total. The lowest BCUT2D eigenvalue weighted by atomic mass is 10.2. The van der Waals surface area contributed by atoms with Crippen molar-refractivity contribution in [3.63, 3.8) is 0 Å². The number of esters is 1. The van der Waals surface area contributed by atoms with E-state index in [0.717, 1.165) is 51.0 Å². The van der Waals surface area contributed by atoms with E-state index in [0.29, 0.717) is 52.7 Å². The van der Waals surface area contributed by atoms with Crippen LogP contribution in [0.2, 0.25) is 12.1 Å². The third-order valence-corrected chi connectivity index (χ3v) is 11.6. The fraction of sp³-hybridized carbons (Fsp3) is 0.958. The minimum absolute atomic E-state index is 0.140. The van der Waals surface area contributed by atoms with Crippen molar-refractivity contribution in [3.05, 3.63) is 0 Å². The van der Waals surface area contributed by atoms with E-state index < -0.39 is 17.6 Å². The first-order valence-corrected chi connectivity index (χ1v) is 17.5. The van der Waals surface area contributed by atoms with Gasteiger partial charge in [-0.2, -0.15) is 0 Å². The molecule has 0 amide bonds. The van der Waals surface area contributed by atoms with Crippen LogP contribution in [0.5, 0.6) is 0 Å². The van der Waals surface area contributed by atoms with E-state index in [-0.39, 0.29) is 5.97 Å². The average molecular weight is 540 g/mol. The number of ether oxygens (including phenoxy) is 1. The highest BCUT2D eigenvalue weighted by Gasteiger charge is 2.41. The van der Waals surface area contributed by atoms with Gasteiger partial charge in [-0.15, -0.1) is 0 Å². The molecule has 0 saturated carbocycles. The largest absolute Gasteiger partial charge is 0.500 e. The summed E-state index contributed by atoms with van der Waals surface area (Å²) in [6.45, 7) is 20.2. The molecule has 0 aliphatic rings. The molecule has 210 valence electrons. The van der Waals surface area contributed by atoms with E-state index >= 15 is 0 Å². The molecule has 0 spiro atoms. The predicted octanol–water partition coefficient (Wildman–Crippen LogP) is 4.51. The van der Waals surface area contributed by atoms with Crippen molar-refractivity contribution in [2.75, 3.05) is 65.9 Å². The number of rotatable bonds is 25. The van der Waals surface area contributed by atoms with Crippen molar-refractivity contribution in [1.82, 2.24) is 4.90 Å². The van der Waals surface area contributed by atoms with Crippen LogP contribution in [-0.4, -0.2) is 94.4 Å². The van der Waals surface area contributed by atoms with Crippen molar-refractivity contribution in [1.29, 1.82) is 0 Å². The zero-order chi connectivity index (χ0) is 26.4. The Hall–Kier alpha value is -0.376. The van der Waals surface area contributed by atoms with Gasteiger partial charge in [-0.25, -0.2) is 0 Å². The van der Waals surface area contributed by atoms with Gasteiger partial charge in [0.05, 0.1) is 6.61 Å². The second-order valence-electron chi connectivity index (χ2n) is 7.92. The van der Waals surface area contributed by atoms with Crippen LogP contribution < -0.4 is 0 Å². The van der Waals surface area contributed by atoms with Gasteiger partial charge in [-0.05, 0) is 87.4 Å². The van der Waals surface area contributed by atoms with Crippen LogP contribution in [0, 0.1) is 0 Å². The molecule has 0 heterocycles. The fourth-order valence-electron chi connectivity index (χ4n) is 4.06. The third kappa shape index (κ3) is 15.5. The number of hydrogen-bond donors (Lipinski definition) is 0. The molecule has 0 fully saturated rings. The Kier molecular flexibility index (Phi) is 21.5. The van der Waals surface area contributed by atoms with Gasteiger partial charge < -0.3 is 36.2 Å². The molecule has 0 rings (SSSR count). The molecular weight excluding hydrogens is 486 g/mol. The summed E-state index contributed by atoms with van der Waals surface area (Å²) in [5, 5.41) is 0. The van der Waals surface area contributed by atoms with Gasteiger partial charge in [-0.3, -0.25) is 4.79 Å². The SMILES string of the molecule is CCOC(=O)CCCN(CCC[Si](OCC)(OCC)OCC)CCC[Si](OCC)(OCC)OCC. The lowest BCUT2D eigenvalue weighted by Gasteiger charge is -2.31. The van der Waals surface area contributed by atoms with Crippen LogP contribution in [0.4, 0.5) is 0 Å². The molecule has 0 aliphatic heterocycles. The molecule has 0 unspecified atom stereocenters. The predicted molar refractivity (Wildman–Crippen MR) is 142 cm³/mol. The van der Waals surface area contributed by atoms with Gasteiger partial charge in [-0.1, -0.05) is 0 Å². The van der Waals surface area contributed by atoms with Crippen molar-refractivity contribution < 1.29 is 36.1 Å². The molecule has 0 saturated heterocycles. The van der Waals surface area contributed by atoms with E-state index in [1.807, 2.05) is 48.5 Å². The first-order chi connectivity index (χ1) is 16.9. The summed E-state index contributed by atoms with van der Waals surface area (Å²) in [4.78, 5) is 14.2. The van der Waals surface area contributed by atoms with Crippen LogP contribution >= 0.6 is 0 Å². The van der Waals surface area contributed by atoms with Crippen molar-refractivity contribution in [2.45, 2.75) is 86.2 Å². The first kappa shape index (κ1) is 34.6. The molecular formula is C24H53NO8Si2. The normalized spacial score (nSPS) is 12.5. The van der Waals surface area contributed by atoms with Crippen LogP contribution in [-0.2, 0) is 36.1 Å². The number of hydrogen-bond acceptors (Lipinski definition) is 9. The fourth-order valence-corrected chi connectivity index (χ4v) is 9.24. The number of nitrogens with zero attached hydrogens (tertiary/aromatic N) is 1. The van der Waals surface area contributed by atoms with Gasteiger partial charge in [0.1, 0.15) is 0 Å². The van der Waals surface area contributed by atoms with E-state index in [1.54, 1.807) is 0 Å². The van der Waals surface area contributed by atoms with E-state index in [4.69, 9.17) is 31.3 Å². The quantitative estimate of drug-likeness (QED) is 0.123. The highest BCUT2D eigenvalue weighted by molar-refractivity contribution is 6.61. The molecule has 0 bridgehead atoms. The molecule has 35 heavy (non-hydrogen) atoms. The Morgan fingerprint density at radius 1 is 0.543 bits per heavy atom. The summed E-state index contributed by atoms with van der Waals surface area (Å²) in [5.74, 6) is -0.140. The van der Waals surface area contributed by atoms with Crippen LogP contribution in [0.3, 0.4) is 0 Å². The minimum Gasteiger partial charge on any atom is -0.466 e. The topological polar surface area (TPSA) is 84.9 Å². The summed E-state index contributed by atoms with van der Waals surface area (Å²) >= 11 is 0. The summed E-state index contributed by atoms with van der Waals surface area (Å²) in [7, 11) is -5.34. The monoisotopic (exact) mass is 539 g/mol. The summed E-state index contributed by atoms with van der Waals surface area (Å²) in [6, 6.07) is 1.54. The maximum absolute atomic E-state index is 11.8. The average Bonchev–Trinajstić information content (AvgIpc) is 2.80. The minimum atomic E-state index is -2.67. The van der Waals surface area contributed by atoms with E-state index in [9.17, 15) is 4.79 Å². The standard InChI is InChI=1S/C24H53NO8Si2/c1-8-27-24(26)18-15-19-25(20-16-22-34(28-9-2,29-10-3)30-11-4)21-17-23-35(31-12-5,32-13-6)33-14-7/h8-23H2,1-7H3. The zero-order valence-electron chi connectivity index (χ0n) is 23.5. The van der Waals surface area contributed by atoms with Crippen LogP contribution in [0.1, 0.15) is 74.1 Å². The highest BCUT2D eigenvalue weighted by Crippen LogP contribution is 2.21. The molecule has 9 nitrogen and oxygen atoms in total. The highest BCUT2D eigenvalue weighted by atomic mass is 28.4. The Morgan fingerprint density at radius 3 is 1.20 bits per heavy atom. The Balaban J connectivity index is 5.11. The molecule has 0 aromatic carbocycles. The Bertz CT molecular complexity index is 450.